The van der Waals surface area contributed by atoms with Crippen LogP contribution >= 0.6 is 11.3 Å². The van der Waals surface area contributed by atoms with Crippen LogP contribution in [0.15, 0.2) is 55.1 Å². The summed E-state index contributed by atoms with van der Waals surface area (Å²) in [5, 5.41) is 4.61. The average molecular weight is 433 g/mol. The smallest absolute Gasteiger partial charge is 0.184 e. The summed E-state index contributed by atoms with van der Waals surface area (Å²) in [5.74, 6) is 2.14. The van der Waals surface area contributed by atoms with E-state index in [0.29, 0.717) is 17.5 Å². The Bertz CT molecular complexity index is 1190. The number of hydrogen-bond acceptors (Lipinski definition) is 7. The summed E-state index contributed by atoms with van der Waals surface area (Å²) >= 11 is 1.68. The van der Waals surface area contributed by atoms with E-state index in [2.05, 4.69) is 15.3 Å². The molecule has 7 heteroatoms. The van der Waals surface area contributed by atoms with Gasteiger partial charge in [-0.15, -0.1) is 0 Å². The quantitative estimate of drug-likeness (QED) is 0.386. The first kappa shape index (κ1) is 19.8. The minimum absolute atomic E-state index is 0.546. The zero-order chi connectivity index (χ0) is 21.0. The van der Waals surface area contributed by atoms with Crippen molar-refractivity contribution in [3.05, 3.63) is 55.1 Å². The van der Waals surface area contributed by atoms with Crippen LogP contribution in [-0.4, -0.2) is 28.1 Å². The molecule has 3 heterocycles. The first-order chi connectivity index (χ1) is 15.3. The normalized spacial score (nSPS) is 14.5. The molecule has 6 nitrogen and oxygen atoms in total. The number of benzene rings is 1. The van der Waals surface area contributed by atoms with Gasteiger partial charge >= 0.3 is 0 Å². The maximum Gasteiger partial charge on any atom is 0.184 e. The molecule has 1 aliphatic rings. The molecule has 31 heavy (non-hydrogen) atoms. The third-order valence-electron chi connectivity index (χ3n) is 5.52. The van der Waals surface area contributed by atoms with Gasteiger partial charge in [-0.2, -0.15) is 0 Å². The number of anilines is 1. The summed E-state index contributed by atoms with van der Waals surface area (Å²) < 4.78 is 12.5. The lowest BCUT2D eigenvalue weighted by Gasteiger charge is -2.22. The number of aromatic nitrogens is 3. The topological polar surface area (TPSA) is 69.2 Å². The zero-order valence-electron chi connectivity index (χ0n) is 17.4. The van der Waals surface area contributed by atoms with Crippen molar-refractivity contribution in [3.63, 3.8) is 0 Å². The Morgan fingerprint density at radius 2 is 1.61 bits per heavy atom. The number of methoxy groups -OCH3 is 1. The lowest BCUT2D eigenvalue weighted by molar-refractivity contribution is 0.413. The molecule has 0 amide bonds. The maximum absolute atomic E-state index is 6.11. The average Bonchev–Trinajstić information content (AvgIpc) is 3.21. The van der Waals surface area contributed by atoms with Crippen LogP contribution in [0.25, 0.3) is 21.3 Å². The van der Waals surface area contributed by atoms with Gasteiger partial charge in [0.1, 0.15) is 17.2 Å². The van der Waals surface area contributed by atoms with Gasteiger partial charge in [-0.05, 0) is 37.1 Å². The van der Waals surface area contributed by atoms with Crippen molar-refractivity contribution >= 4 is 26.7 Å². The van der Waals surface area contributed by atoms with Crippen molar-refractivity contribution in [1.82, 2.24) is 15.0 Å². The Morgan fingerprint density at radius 1 is 0.871 bits per heavy atom. The summed E-state index contributed by atoms with van der Waals surface area (Å²) in [6.07, 6.45) is 13.4. The van der Waals surface area contributed by atoms with Crippen molar-refractivity contribution in [2.75, 3.05) is 12.4 Å². The summed E-state index contributed by atoms with van der Waals surface area (Å²) in [6.45, 7) is 0. The molecule has 1 aromatic carbocycles. The summed E-state index contributed by atoms with van der Waals surface area (Å²) in [5.41, 5.74) is 2.83. The molecule has 0 spiro atoms. The number of thiazole rings is 1. The highest BCUT2D eigenvalue weighted by molar-refractivity contribution is 7.22. The van der Waals surface area contributed by atoms with E-state index < -0.39 is 0 Å². The van der Waals surface area contributed by atoms with E-state index in [1.807, 2.05) is 30.3 Å². The molecule has 158 valence electrons. The second-order valence-electron chi connectivity index (χ2n) is 7.75. The van der Waals surface area contributed by atoms with E-state index in [1.165, 1.54) is 32.1 Å². The van der Waals surface area contributed by atoms with Gasteiger partial charge in [0.2, 0.25) is 0 Å². The fourth-order valence-corrected chi connectivity index (χ4v) is 4.88. The predicted octanol–water partition coefficient (Wildman–Crippen LogP) is 6.30. The zero-order valence-corrected chi connectivity index (χ0v) is 18.2. The van der Waals surface area contributed by atoms with Gasteiger partial charge in [0, 0.05) is 35.6 Å². The summed E-state index contributed by atoms with van der Waals surface area (Å²) in [7, 11) is 1.63. The Kier molecular flexibility index (Phi) is 5.67. The van der Waals surface area contributed by atoms with Gasteiger partial charge < -0.3 is 14.8 Å². The van der Waals surface area contributed by atoms with Crippen molar-refractivity contribution in [2.24, 2.45) is 0 Å². The van der Waals surface area contributed by atoms with Crippen molar-refractivity contribution in [3.8, 4) is 28.4 Å². The number of hydrogen-bond donors (Lipinski definition) is 1. The minimum atomic E-state index is 0.546. The van der Waals surface area contributed by atoms with Crippen LogP contribution in [-0.2, 0) is 0 Å². The standard InChI is InChI=1S/C24H24N4O2S/c1-29-20-9-16(12-25-14-20)17-10-21(15-26-13-17)30-19-7-8-22-23(11-19)31-24(28-22)27-18-5-3-2-4-6-18/h7-15,18H,2-6H2,1H3,(H,27,28). The van der Waals surface area contributed by atoms with Crippen LogP contribution < -0.4 is 14.8 Å². The fourth-order valence-electron chi connectivity index (χ4n) is 3.91. The molecular weight excluding hydrogens is 408 g/mol. The minimum Gasteiger partial charge on any atom is -0.495 e. The number of nitrogens with zero attached hydrogens (tertiary/aromatic N) is 3. The molecule has 0 saturated heterocycles. The highest BCUT2D eigenvalue weighted by atomic mass is 32.1. The van der Waals surface area contributed by atoms with E-state index >= 15 is 0 Å². The molecular formula is C24H24N4O2S. The number of pyridine rings is 2. The van der Waals surface area contributed by atoms with E-state index in [0.717, 1.165) is 32.2 Å². The van der Waals surface area contributed by atoms with Crippen molar-refractivity contribution in [1.29, 1.82) is 0 Å². The predicted molar refractivity (Wildman–Crippen MR) is 124 cm³/mol. The first-order valence-electron chi connectivity index (χ1n) is 10.6. The number of fused-ring (bicyclic) bond motifs is 1. The third-order valence-corrected chi connectivity index (χ3v) is 6.47. The monoisotopic (exact) mass is 432 g/mol. The first-order valence-corrected chi connectivity index (χ1v) is 11.4. The second kappa shape index (κ2) is 8.89. The molecule has 0 atom stereocenters. The molecule has 1 N–H and O–H groups in total. The molecule has 4 aromatic rings. The maximum atomic E-state index is 6.11. The number of nitrogens with one attached hydrogen (secondary N) is 1. The molecule has 0 unspecified atom stereocenters. The molecule has 5 rings (SSSR count). The lowest BCUT2D eigenvalue weighted by Crippen LogP contribution is -2.21. The van der Waals surface area contributed by atoms with Crippen LogP contribution in [0.1, 0.15) is 32.1 Å². The van der Waals surface area contributed by atoms with Gasteiger partial charge in [-0.1, -0.05) is 30.6 Å². The van der Waals surface area contributed by atoms with Crippen LogP contribution in [0.2, 0.25) is 0 Å². The van der Waals surface area contributed by atoms with Crippen molar-refractivity contribution < 1.29 is 9.47 Å². The molecule has 0 aliphatic heterocycles. The molecule has 0 radical (unpaired) electrons. The molecule has 1 saturated carbocycles. The summed E-state index contributed by atoms with van der Waals surface area (Å²) in [6, 6.07) is 10.4. The highest BCUT2D eigenvalue weighted by Gasteiger charge is 2.15. The van der Waals surface area contributed by atoms with Gasteiger partial charge in [-0.25, -0.2) is 4.98 Å². The second-order valence-corrected chi connectivity index (χ2v) is 8.78. The van der Waals surface area contributed by atoms with Gasteiger partial charge in [-0.3, -0.25) is 9.97 Å². The van der Waals surface area contributed by atoms with Crippen LogP contribution in [0.3, 0.4) is 0 Å². The van der Waals surface area contributed by atoms with Crippen LogP contribution in [0.5, 0.6) is 17.2 Å². The summed E-state index contributed by atoms with van der Waals surface area (Å²) in [4.78, 5) is 13.3. The van der Waals surface area contributed by atoms with Gasteiger partial charge in [0.15, 0.2) is 5.13 Å². The van der Waals surface area contributed by atoms with E-state index in [4.69, 9.17) is 14.5 Å². The Balaban J connectivity index is 1.34. The molecule has 1 fully saturated rings. The molecule has 3 aromatic heterocycles. The SMILES string of the molecule is COc1cncc(-c2cncc(Oc3ccc4nc(NC5CCCCC5)sc4c3)c2)c1. The number of rotatable bonds is 6. The van der Waals surface area contributed by atoms with Gasteiger partial charge in [0.05, 0.1) is 29.7 Å². The fraction of sp³-hybridized carbons (Fsp3) is 0.292. The Morgan fingerprint density at radius 3 is 2.39 bits per heavy atom. The van der Waals surface area contributed by atoms with Crippen LogP contribution in [0.4, 0.5) is 5.13 Å². The Labute approximate surface area is 185 Å². The largest absolute Gasteiger partial charge is 0.495 e. The number of ether oxygens (including phenoxy) is 2. The van der Waals surface area contributed by atoms with E-state index in [-0.39, 0.29) is 0 Å². The molecule has 0 bridgehead atoms. The van der Waals surface area contributed by atoms with Crippen molar-refractivity contribution in [2.45, 2.75) is 38.1 Å². The third kappa shape index (κ3) is 4.61. The van der Waals surface area contributed by atoms with E-state index in [9.17, 15) is 0 Å². The molecule has 1 aliphatic carbocycles. The lowest BCUT2D eigenvalue weighted by atomic mass is 9.96. The highest BCUT2D eigenvalue weighted by Crippen LogP contribution is 2.33. The van der Waals surface area contributed by atoms with Crippen LogP contribution in [0, 0.1) is 0 Å². The van der Waals surface area contributed by atoms with Gasteiger partial charge in [0.25, 0.3) is 0 Å². The van der Waals surface area contributed by atoms with E-state index in [1.54, 1.807) is 43.2 Å². The Hall–Kier alpha value is -3.19.